The maximum Gasteiger partial charge on any atom is 0.193 e. The monoisotopic (exact) mass is 264 g/mol. The minimum absolute atomic E-state index is 0.206. The first kappa shape index (κ1) is 13.5. The summed E-state index contributed by atoms with van der Waals surface area (Å²) in [5, 5.41) is 7.67. The summed E-state index contributed by atoms with van der Waals surface area (Å²) in [6, 6.07) is 1.53. The van der Waals surface area contributed by atoms with Gasteiger partial charge in [0.1, 0.15) is 6.61 Å². The fourth-order valence-electron chi connectivity index (χ4n) is 0.998. The smallest absolute Gasteiger partial charge is 0.193 e. The predicted octanol–water partition coefficient (Wildman–Crippen LogP) is 2.98. The number of rotatable bonds is 7. The lowest BCUT2D eigenvalue weighted by molar-refractivity contribution is 0.0979. The van der Waals surface area contributed by atoms with E-state index in [9.17, 15) is 0 Å². The second kappa shape index (κ2) is 7.65. The lowest BCUT2D eigenvalue weighted by Crippen LogP contribution is -2.08. The van der Waals surface area contributed by atoms with Crippen molar-refractivity contribution in [3.05, 3.63) is 16.4 Å². The lowest BCUT2D eigenvalue weighted by atomic mass is 10.4. The summed E-state index contributed by atoms with van der Waals surface area (Å²) in [5.41, 5.74) is 0. The van der Waals surface area contributed by atoms with E-state index in [1.807, 2.05) is 0 Å². The van der Waals surface area contributed by atoms with Gasteiger partial charge in [0.05, 0.1) is 6.61 Å². The zero-order chi connectivity index (χ0) is 11.8. The minimum atomic E-state index is 0.206. The highest BCUT2D eigenvalue weighted by Crippen LogP contribution is 2.23. The molecule has 0 unspecified atom stereocenters. The average molecular weight is 265 g/mol. The van der Waals surface area contributed by atoms with Crippen molar-refractivity contribution in [2.24, 2.45) is 0 Å². The molecule has 0 bridgehead atoms. The Morgan fingerprint density at radius 2 is 2.00 bits per heavy atom. The third kappa shape index (κ3) is 4.96. The molecule has 0 fully saturated rings. The van der Waals surface area contributed by atoms with E-state index in [0.717, 1.165) is 19.4 Å². The molecule has 0 aromatic carbocycles. The molecule has 0 aliphatic carbocycles. The summed E-state index contributed by atoms with van der Waals surface area (Å²) in [6.45, 7) is 3.81. The number of halogens is 2. The Morgan fingerprint density at radius 3 is 2.75 bits per heavy atom. The van der Waals surface area contributed by atoms with Crippen LogP contribution in [0.3, 0.4) is 0 Å². The van der Waals surface area contributed by atoms with Gasteiger partial charge < -0.3 is 9.47 Å². The number of ether oxygens (including phenoxy) is 2. The highest BCUT2D eigenvalue weighted by Gasteiger charge is 2.04. The molecule has 6 heteroatoms. The molecule has 0 aliphatic heterocycles. The first-order chi connectivity index (χ1) is 7.74. The van der Waals surface area contributed by atoms with Gasteiger partial charge >= 0.3 is 0 Å². The Bertz CT molecular complexity index is 324. The third-order valence-electron chi connectivity index (χ3n) is 1.81. The Balaban J connectivity index is 2.23. The van der Waals surface area contributed by atoms with Gasteiger partial charge in [-0.25, -0.2) is 0 Å². The van der Waals surface area contributed by atoms with Crippen LogP contribution in [0.25, 0.3) is 0 Å². The minimum Gasteiger partial charge on any atom is -0.488 e. The first-order valence-electron chi connectivity index (χ1n) is 5.13. The van der Waals surface area contributed by atoms with Crippen LogP contribution in [-0.4, -0.2) is 30.0 Å². The van der Waals surface area contributed by atoms with Crippen molar-refractivity contribution in [1.82, 2.24) is 10.2 Å². The SMILES string of the molecule is CCCCOCCOc1cc(Cl)nnc1Cl. The van der Waals surface area contributed by atoms with Crippen LogP contribution in [0.2, 0.25) is 10.3 Å². The van der Waals surface area contributed by atoms with Gasteiger partial charge in [-0.05, 0) is 6.42 Å². The second-order valence-electron chi connectivity index (χ2n) is 3.14. The van der Waals surface area contributed by atoms with E-state index >= 15 is 0 Å². The molecule has 0 saturated carbocycles. The fourth-order valence-corrected chi connectivity index (χ4v) is 1.28. The summed E-state index contributed by atoms with van der Waals surface area (Å²) < 4.78 is 10.7. The van der Waals surface area contributed by atoms with Crippen molar-refractivity contribution in [3.63, 3.8) is 0 Å². The van der Waals surface area contributed by atoms with Crippen molar-refractivity contribution in [1.29, 1.82) is 0 Å². The molecule has 16 heavy (non-hydrogen) atoms. The number of unbranched alkanes of at least 4 members (excludes halogenated alkanes) is 1. The van der Waals surface area contributed by atoms with Gasteiger partial charge in [0, 0.05) is 12.7 Å². The van der Waals surface area contributed by atoms with E-state index < -0.39 is 0 Å². The third-order valence-corrected chi connectivity index (χ3v) is 2.26. The molecule has 1 aromatic heterocycles. The number of hydrogen-bond donors (Lipinski definition) is 0. The summed E-state index contributed by atoms with van der Waals surface area (Å²) in [6.07, 6.45) is 2.18. The van der Waals surface area contributed by atoms with Crippen molar-refractivity contribution in [2.75, 3.05) is 19.8 Å². The molecule has 90 valence electrons. The van der Waals surface area contributed by atoms with Crippen LogP contribution in [0.4, 0.5) is 0 Å². The highest BCUT2D eigenvalue weighted by molar-refractivity contribution is 6.32. The van der Waals surface area contributed by atoms with Gasteiger partial charge in [-0.1, -0.05) is 36.5 Å². The molecule has 0 N–H and O–H groups in total. The molecular formula is C10H14Cl2N2O2. The van der Waals surface area contributed by atoms with Gasteiger partial charge in [-0.3, -0.25) is 0 Å². The molecular weight excluding hydrogens is 251 g/mol. The van der Waals surface area contributed by atoms with E-state index in [0.29, 0.717) is 19.0 Å². The number of hydrogen-bond acceptors (Lipinski definition) is 4. The molecule has 0 amide bonds. The van der Waals surface area contributed by atoms with Crippen LogP contribution < -0.4 is 4.74 Å². The molecule has 0 aliphatic rings. The van der Waals surface area contributed by atoms with Crippen molar-refractivity contribution in [2.45, 2.75) is 19.8 Å². The number of nitrogens with zero attached hydrogens (tertiary/aromatic N) is 2. The summed E-state index contributed by atoms with van der Waals surface area (Å²) in [7, 11) is 0. The topological polar surface area (TPSA) is 44.2 Å². The predicted molar refractivity (Wildman–Crippen MR) is 63.3 cm³/mol. The Kier molecular flexibility index (Phi) is 6.45. The Labute approximate surface area is 105 Å². The summed E-state index contributed by atoms with van der Waals surface area (Å²) >= 11 is 11.4. The van der Waals surface area contributed by atoms with Crippen molar-refractivity contribution >= 4 is 23.2 Å². The Morgan fingerprint density at radius 1 is 1.19 bits per heavy atom. The van der Waals surface area contributed by atoms with Crippen LogP contribution >= 0.6 is 23.2 Å². The maximum absolute atomic E-state index is 5.76. The molecule has 0 radical (unpaired) electrons. The van der Waals surface area contributed by atoms with Crippen LogP contribution in [0.15, 0.2) is 6.07 Å². The highest BCUT2D eigenvalue weighted by atomic mass is 35.5. The standard InChI is InChI=1S/C10H14Cl2N2O2/c1-2-3-4-15-5-6-16-8-7-9(11)13-14-10(8)12/h7H,2-6H2,1H3. The van der Waals surface area contributed by atoms with E-state index in [1.165, 1.54) is 6.07 Å². The number of aromatic nitrogens is 2. The normalized spacial score (nSPS) is 10.4. The van der Waals surface area contributed by atoms with Gasteiger partial charge in [-0.15, -0.1) is 10.2 Å². The average Bonchev–Trinajstić information content (AvgIpc) is 2.28. The van der Waals surface area contributed by atoms with Gasteiger partial charge in [0.2, 0.25) is 0 Å². The largest absolute Gasteiger partial charge is 0.488 e. The zero-order valence-electron chi connectivity index (χ0n) is 9.08. The van der Waals surface area contributed by atoms with E-state index in [1.54, 1.807) is 0 Å². The van der Waals surface area contributed by atoms with E-state index in [-0.39, 0.29) is 10.3 Å². The quantitative estimate of drug-likeness (QED) is 0.711. The van der Waals surface area contributed by atoms with E-state index in [4.69, 9.17) is 32.7 Å². The van der Waals surface area contributed by atoms with Crippen LogP contribution in [0.5, 0.6) is 5.75 Å². The van der Waals surface area contributed by atoms with E-state index in [2.05, 4.69) is 17.1 Å². The second-order valence-corrected chi connectivity index (χ2v) is 3.88. The van der Waals surface area contributed by atoms with Crippen LogP contribution in [0, 0.1) is 0 Å². The summed E-state index contributed by atoms with van der Waals surface area (Å²) in [4.78, 5) is 0. The molecule has 0 saturated heterocycles. The van der Waals surface area contributed by atoms with Gasteiger partial charge in [0.15, 0.2) is 16.1 Å². The maximum atomic E-state index is 5.76. The van der Waals surface area contributed by atoms with Crippen LogP contribution in [-0.2, 0) is 4.74 Å². The molecule has 1 heterocycles. The van der Waals surface area contributed by atoms with Gasteiger partial charge in [-0.2, -0.15) is 0 Å². The first-order valence-corrected chi connectivity index (χ1v) is 5.89. The van der Waals surface area contributed by atoms with Gasteiger partial charge in [0.25, 0.3) is 0 Å². The molecule has 0 atom stereocenters. The van der Waals surface area contributed by atoms with Crippen molar-refractivity contribution < 1.29 is 9.47 Å². The molecule has 0 spiro atoms. The summed E-state index contributed by atoms with van der Waals surface area (Å²) in [5.74, 6) is 0.431. The lowest BCUT2D eigenvalue weighted by Gasteiger charge is -2.07. The Hall–Kier alpha value is -0.580. The molecule has 1 aromatic rings. The van der Waals surface area contributed by atoms with Crippen molar-refractivity contribution in [3.8, 4) is 5.75 Å². The molecule has 4 nitrogen and oxygen atoms in total. The van der Waals surface area contributed by atoms with Crippen LogP contribution in [0.1, 0.15) is 19.8 Å². The fraction of sp³-hybridized carbons (Fsp3) is 0.600. The molecule has 1 rings (SSSR count). The zero-order valence-corrected chi connectivity index (χ0v) is 10.6.